The van der Waals surface area contributed by atoms with Crippen molar-refractivity contribution in [3.8, 4) is 0 Å². The van der Waals surface area contributed by atoms with Crippen LogP contribution in [-0.2, 0) is 4.32 Å². The van der Waals surface area contributed by atoms with E-state index in [0.717, 1.165) is 17.5 Å². The third-order valence-corrected chi connectivity index (χ3v) is 4.20. The van der Waals surface area contributed by atoms with E-state index in [2.05, 4.69) is 45.0 Å². The first-order valence-corrected chi connectivity index (χ1v) is 6.06. The van der Waals surface area contributed by atoms with Gasteiger partial charge in [-0.25, -0.2) is 0 Å². The van der Waals surface area contributed by atoms with E-state index in [1.807, 2.05) is 24.5 Å². The van der Waals surface area contributed by atoms with E-state index in [1.54, 1.807) is 12.4 Å². The zero-order chi connectivity index (χ0) is 11.4. The molecule has 0 N–H and O–H groups in total. The van der Waals surface area contributed by atoms with Crippen LogP contribution in [0.1, 0.15) is 24.5 Å². The summed E-state index contributed by atoms with van der Waals surface area (Å²) in [7, 11) is 0. The molecule has 2 aromatic rings. The summed E-state index contributed by atoms with van der Waals surface area (Å²) in [5.74, 6) is 0. The number of hydrogen-bond donors (Lipinski definition) is 0. The molecule has 0 unspecified atom stereocenters. The number of nitrogens with zero attached hydrogens (tertiary/aromatic N) is 2. The van der Waals surface area contributed by atoms with Crippen LogP contribution in [-0.4, -0.2) is 9.97 Å². The zero-order valence-electron chi connectivity index (χ0n) is 9.10. The van der Waals surface area contributed by atoms with Gasteiger partial charge in [0, 0.05) is 24.8 Å². The van der Waals surface area contributed by atoms with Gasteiger partial charge in [0.05, 0.1) is 4.32 Å². The van der Waals surface area contributed by atoms with Crippen LogP contribution in [0, 0.1) is 0 Å². The quantitative estimate of drug-likeness (QED) is 0.802. The first-order chi connectivity index (χ1) is 7.77. The molecule has 0 radical (unpaired) electrons. The first kappa shape index (κ1) is 11.3. The van der Waals surface area contributed by atoms with E-state index in [0.29, 0.717) is 0 Å². The van der Waals surface area contributed by atoms with Gasteiger partial charge in [0.2, 0.25) is 0 Å². The predicted octanol–water partition coefficient (Wildman–Crippen LogP) is 3.53. The normalized spacial score (nSPS) is 11.4. The van der Waals surface area contributed by atoms with Gasteiger partial charge < -0.3 is 0 Å². The highest BCUT2D eigenvalue weighted by Crippen LogP contribution is 2.40. The molecule has 2 aromatic heterocycles. The molecule has 2 rings (SSSR count). The molecule has 0 spiro atoms. The minimum absolute atomic E-state index is 0.185. The van der Waals surface area contributed by atoms with Gasteiger partial charge in [-0.3, -0.25) is 9.97 Å². The van der Waals surface area contributed by atoms with Crippen molar-refractivity contribution >= 4 is 15.9 Å². The van der Waals surface area contributed by atoms with Crippen LogP contribution < -0.4 is 0 Å². The molecule has 2 heterocycles. The molecule has 3 heteroatoms. The second kappa shape index (κ2) is 4.74. The van der Waals surface area contributed by atoms with Crippen molar-refractivity contribution in [3.63, 3.8) is 0 Å². The van der Waals surface area contributed by atoms with Gasteiger partial charge in [0.25, 0.3) is 0 Å². The summed E-state index contributed by atoms with van der Waals surface area (Å²) >= 11 is 3.82. The highest BCUT2D eigenvalue weighted by Gasteiger charge is 2.29. The van der Waals surface area contributed by atoms with Gasteiger partial charge in [-0.05, 0) is 29.7 Å². The SMILES string of the molecule is CCC(Br)(c1cccnc1)c1cccnc1. The molecule has 2 nitrogen and oxygen atoms in total. The molecule has 0 saturated heterocycles. The van der Waals surface area contributed by atoms with Crippen molar-refractivity contribution < 1.29 is 0 Å². The fourth-order valence-electron chi connectivity index (χ4n) is 1.77. The van der Waals surface area contributed by atoms with Crippen molar-refractivity contribution in [2.45, 2.75) is 17.7 Å². The Morgan fingerprint density at radius 3 is 1.88 bits per heavy atom. The van der Waals surface area contributed by atoms with Crippen LogP contribution >= 0.6 is 15.9 Å². The van der Waals surface area contributed by atoms with E-state index in [1.165, 1.54) is 0 Å². The van der Waals surface area contributed by atoms with Crippen LogP contribution in [0.3, 0.4) is 0 Å². The average Bonchev–Trinajstić information content (AvgIpc) is 2.40. The molecule has 0 fully saturated rings. The third kappa shape index (κ3) is 2.00. The molecule has 0 atom stereocenters. The maximum absolute atomic E-state index is 4.17. The molecular formula is C13H13BrN2. The summed E-state index contributed by atoms with van der Waals surface area (Å²) in [6.45, 7) is 2.15. The number of hydrogen-bond acceptors (Lipinski definition) is 2. The summed E-state index contributed by atoms with van der Waals surface area (Å²) < 4.78 is -0.185. The Morgan fingerprint density at radius 2 is 1.56 bits per heavy atom. The van der Waals surface area contributed by atoms with Gasteiger partial charge in [-0.15, -0.1) is 0 Å². The molecular weight excluding hydrogens is 264 g/mol. The lowest BCUT2D eigenvalue weighted by atomic mass is 9.91. The Balaban J connectivity index is 2.49. The third-order valence-electron chi connectivity index (χ3n) is 2.73. The van der Waals surface area contributed by atoms with Crippen molar-refractivity contribution in [2.75, 3.05) is 0 Å². The summed E-state index contributed by atoms with van der Waals surface area (Å²) in [6, 6.07) is 8.07. The number of halogens is 1. The molecule has 0 amide bonds. The number of rotatable bonds is 3. The van der Waals surface area contributed by atoms with Crippen molar-refractivity contribution in [1.29, 1.82) is 0 Å². The molecule has 0 aliphatic heterocycles. The van der Waals surface area contributed by atoms with Gasteiger partial charge in [-0.2, -0.15) is 0 Å². The second-order valence-electron chi connectivity index (χ2n) is 3.64. The molecule has 82 valence electrons. The minimum atomic E-state index is -0.185. The lowest BCUT2D eigenvalue weighted by molar-refractivity contribution is 0.718. The summed E-state index contributed by atoms with van der Waals surface area (Å²) in [4.78, 5) is 8.35. The number of aromatic nitrogens is 2. The van der Waals surface area contributed by atoms with Gasteiger partial charge in [-0.1, -0.05) is 35.0 Å². The predicted molar refractivity (Wildman–Crippen MR) is 68.5 cm³/mol. The van der Waals surface area contributed by atoms with E-state index in [-0.39, 0.29) is 4.32 Å². The van der Waals surface area contributed by atoms with E-state index >= 15 is 0 Å². The van der Waals surface area contributed by atoms with Crippen LogP contribution in [0.5, 0.6) is 0 Å². The zero-order valence-corrected chi connectivity index (χ0v) is 10.7. The van der Waals surface area contributed by atoms with Crippen molar-refractivity contribution in [3.05, 3.63) is 60.2 Å². The number of pyridine rings is 2. The lowest BCUT2D eigenvalue weighted by Gasteiger charge is -2.26. The van der Waals surface area contributed by atoms with Crippen LogP contribution in [0.4, 0.5) is 0 Å². The highest BCUT2D eigenvalue weighted by atomic mass is 79.9. The molecule has 16 heavy (non-hydrogen) atoms. The van der Waals surface area contributed by atoms with Crippen molar-refractivity contribution in [2.24, 2.45) is 0 Å². The largest absolute Gasteiger partial charge is 0.264 e. The first-order valence-electron chi connectivity index (χ1n) is 5.27. The van der Waals surface area contributed by atoms with Crippen molar-refractivity contribution in [1.82, 2.24) is 9.97 Å². The van der Waals surface area contributed by atoms with E-state index < -0.39 is 0 Å². The van der Waals surface area contributed by atoms with E-state index in [4.69, 9.17) is 0 Å². The molecule has 0 aliphatic rings. The monoisotopic (exact) mass is 276 g/mol. The Hall–Kier alpha value is -1.22. The molecule has 0 bridgehead atoms. The van der Waals surface area contributed by atoms with Crippen LogP contribution in [0.15, 0.2) is 49.1 Å². The highest BCUT2D eigenvalue weighted by molar-refractivity contribution is 9.09. The van der Waals surface area contributed by atoms with Crippen LogP contribution in [0.2, 0.25) is 0 Å². The maximum atomic E-state index is 4.17. The van der Waals surface area contributed by atoms with E-state index in [9.17, 15) is 0 Å². The van der Waals surface area contributed by atoms with Gasteiger partial charge in [0.15, 0.2) is 0 Å². The van der Waals surface area contributed by atoms with Crippen LogP contribution in [0.25, 0.3) is 0 Å². The summed E-state index contributed by atoms with van der Waals surface area (Å²) in [6.07, 6.45) is 8.31. The maximum Gasteiger partial charge on any atom is 0.0781 e. The smallest absolute Gasteiger partial charge is 0.0781 e. The Bertz CT molecular complexity index is 403. The number of alkyl halides is 1. The second-order valence-corrected chi connectivity index (χ2v) is 4.99. The standard InChI is InChI=1S/C13H13BrN2/c1-2-13(14,11-5-3-7-15-9-11)12-6-4-8-16-10-12/h3-10H,2H2,1H3. The van der Waals surface area contributed by atoms with Gasteiger partial charge in [0.1, 0.15) is 0 Å². The Labute approximate surface area is 104 Å². The molecule has 0 aromatic carbocycles. The fourth-order valence-corrected chi connectivity index (χ4v) is 2.24. The Morgan fingerprint density at radius 1 is 1.06 bits per heavy atom. The summed E-state index contributed by atoms with van der Waals surface area (Å²) in [5, 5.41) is 0. The summed E-state index contributed by atoms with van der Waals surface area (Å²) in [5.41, 5.74) is 2.32. The lowest BCUT2D eigenvalue weighted by Crippen LogP contribution is -2.18. The van der Waals surface area contributed by atoms with Gasteiger partial charge >= 0.3 is 0 Å². The topological polar surface area (TPSA) is 25.8 Å². The molecule has 0 saturated carbocycles. The fraction of sp³-hybridized carbons (Fsp3) is 0.231. The molecule has 0 aliphatic carbocycles. The Kier molecular flexibility index (Phi) is 3.34. The average molecular weight is 277 g/mol. The minimum Gasteiger partial charge on any atom is -0.264 e.